The van der Waals surface area contributed by atoms with E-state index in [1.54, 1.807) is 26.6 Å². The zero-order chi connectivity index (χ0) is 16.2. The summed E-state index contributed by atoms with van der Waals surface area (Å²) in [4.78, 5) is 18.3. The summed E-state index contributed by atoms with van der Waals surface area (Å²) in [5, 5.41) is 2.91. The number of hydrogen-bond donors (Lipinski definition) is 1. The molecule has 0 spiro atoms. The predicted molar refractivity (Wildman–Crippen MR) is 86.5 cm³/mol. The number of pyridine rings is 1. The van der Waals surface area contributed by atoms with Crippen molar-refractivity contribution in [3.63, 3.8) is 0 Å². The van der Waals surface area contributed by atoms with Gasteiger partial charge in [0.05, 0.1) is 20.8 Å². The number of aromatic nitrogens is 1. The van der Waals surface area contributed by atoms with E-state index in [0.29, 0.717) is 19.6 Å². The van der Waals surface area contributed by atoms with Gasteiger partial charge in [-0.15, -0.1) is 0 Å². The summed E-state index contributed by atoms with van der Waals surface area (Å²) in [5.74, 6) is 1.47. The van der Waals surface area contributed by atoms with Gasteiger partial charge in [0.2, 0.25) is 5.91 Å². The highest BCUT2D eigenvalue weighted by molar-refractivity contribution is 5.93. The Balaban J connectivity index is 1.84. The highest BCUT2D eigenvalue weighted by Crippen LogP contribution is 2.27. The molecule has 0 unspecified atom stereocenters. The number of carbonyl (C=O) groups excluding carboxylic acids is 1. The maximum Gasteiger partial charge on any atom is 0.238 e. The summed E-state index contributed by atoms with van der Waals surface area (Å²) >= 11 is 0. The molecule has 1 aliphatic rings. The molecule has 2 heterocycles. The van der Waals surface area contributed by atoms with Gasteiger partial charge in [0.15, 0.2) is 0 Å². The molecule has 0 bridgehead atoms. The molecule has 1 aromatic heterocycles. The first-order valence-electron chi connectivity index (χ1n) is 7.35. The molecule has 6 heteroatoms. The van der Waals surface area contributed by atoms with Crippen LogP contribution < -0.4 is 14.8 Å². The van der Waals surface area contributed by atoms with E-state index in [0.717, 1.165) is 28.3 Å². The number of anilines is 1. The zero-order valence-corrected chi connectivity index (χ0v) is 13.2. The molecule has 0 fully saturated rings. The van der Waals surface area contributed by atoms with Crippen LogP contribution in [0, 0.1) is 0 Å². The van der Waals surface area contributed by atoms with Crippen LogP contribution in [-0.4, -0.2) is 36.6 Å². The summed E-state index contributed by atoms with van der Waals surface area (Å²) in [7, 11) is 3.25. The van der Waals surface area contributed by atoms with Crippen LogP contribution in [0.25, 0.3) is 0 Å². The summed E-state index contributed by atoms with van der Waals surface area (Å²) in [6.07, 6.45) is 3.47. The van der Waals surface area contributed by atoms with Gasteiger partial charge < -0.3 is 14.8 Å². The Morgan fingerprint density at radius 3 is 2.87 bits per heavy atom. The zero-order valence-electron chi connectivity index (χ0n) is 13.2. The highest BCUT2D eigenvalue weighted by Gasteiger charge is 2.20. The first-order valence-corrected chi connectivity index (χ1v) is 7.35. The molecule has 120 valence electrons. The van der Waals surface area contributed by atoms with Crippen molar-refractivity contribution in [2.75, 3.05) is 26.1 Å². The van der Waals surface area contributed by atoms with Crippen LogP contribution >= 0.6 is 0 Å². The fourth-order valence-electron chi connectivity index (χ4n) is 2.70. The predicted octanol–water partition coefficient (Wildman–Crippen LogP) is 2.05. The second-order valence-corrected chi connectivity index (χ2v) is 5.40. The minimum Gasteiger partial charge on any atom is -0.497 e. The van der Waals surface area contributed by atoms with E-state index >= 15 is 0 Å². The monoisotopic (exact) mass is 313 g/mol. The number of rotatable bonds is 4. The number of nitrogens with zero attached hydrogens (tertiary/aromatic N) is 2. The van der Waals surface area contributed by atoms with Gasteiger partial charge in [-0.2, -0.15) is 0 Å². The molecule has 0 saturated carbocycles. The standard InChI is InChI=1S/C17H19N3O3/c1-22-14-4-3-12(16(7-14)23-2)9-20-10-13-8-18-6-5-15(13)19-17(21)11-20/h3-8H,9-11H2,1-2H3,(H,19,21). The summed E-state index contributed by atoms with van der Waals surface area (Å²) < 4.78 is 10.7. The van der Waals surface area contributed by atoms with Crippen LogP contribution in [0.1, 0.15) is 11.1 Å². The minimum atomic E-state index is -0.0255. The number of carbonyl (C=O) groups is 1. The van der Waals surface area contributed by atoms with Crippen LogP contribution in [-0.2, 0) is 17.9 Å². The molecule has 1 amide bonds. The van der Waals surface area contributed by atoms with Crippen LogP contribution in [0.2, 0.25) is 0 Å². The topological polar surface area (TPSA) is 63.7 Å². The van der Waals surface area contributed by atoms with Gasteiger partial charge in [-0.3, -0.25) is 14.7 Å². The first-order chi connectivity index (χ1) is 11.2. The maximum absolute atomic E-state index is 12.1. The Bertz CT molecular complexity index is 718. The van der Waals surface area contributed by atoms with Gasteiger partial charge in [-0.25, -0.2) is 0 Å². The van der Waals surface area contributed by atoms with E-state index in [4.69, 9.17) is 9.47 Å². The van der Waals surface area contributed by atoms with Crippen molar-refractivity contribution in [3.05, 3.63) is 47.8 Å². The molecule has 1 aliphatic heterocycles. The van der Waals surface area contributed by atoms with E-state index in [9.17, 15) is 4.79 Å². The molecule has 6 nitrogen and oxygen atoms in total. The molecule has 3 rings (SSSR count). The average molecular weight is 313 g/mol. The third kappa shape index (κ3) is 3.43. The maximum atomic E-state index is 12.1. The van der Waals surface area contributed by atoms with Gasteiger partial charge >= 0.3 is 0 Å². The summed E-state index contributed by atoms with van der Waals surface area (Å²) in [5.41, 5.74) is 2.84. The van der Waals surface area contributed by atoms with Crippen molar-refractivity contribution in [1.29, 1.82) is 0 Å². The second kappa shape index (κ2) is 6.66. The Kier molecular flexibility index (Phi) is 4.43. The second-order valence-electron chi connectivity index (χ2n) is 5.40. The van der Waals surface area contributed by atoms with Gasteiger partial charge in [0.25, 0.3) is 0 Å². The van der Waals surface area contributed by atoms with E-state index in [1.165, 1.54) is 0 Å². The van der Waals surface area contributed by atoms with Crippen LogP contribution in [0.15, 0.2) is 36.7 Å². The molecular weight excluding hydrogens is 294 g/mol. The fourth-order valence-corrected chi connectivity index (χ4v) is 2.70. The molecule has 2 aromatic rings. The smallest absolute Gasteiger partial charge is 0.238 e. The van der Waals surface area contributed by atoms with Crippen molar-refractivity contribution in [3.8, 4) is 11.5 Å². The Morgan fingerprint density at radius 2 is 2.09 bits per heavy atom. The van der Waals surface area contributed by atoms with Gasteiger partial charge in [-0.05, 0) is 12.1 Å². The first kappa shape index (κ1) is 15.3. The minimum absolute atomic E-state index is 0.0255. The SMILES string of the molecule is COc1ccc(CN2CC(=O)Nc3ccncc3C2)c(OC)c1. The lowest BCUT2D eigenvalue weighted by Gasteiger charge is -2.20. The van der Waals surface area contributed by atoms with Crippen LogP contribution in [0.4, 0.5) is 5.69 Å². The number of ether oxygens (including phenoxy) is 2. The van der Waals surface area contributed by atoms with E-state index in [-0.39, 0.29) is 5.91 Å². The fraction of sp³-hybridized carbons (Fsp3) is 0.294. The number of methoxy groups -OCH3 is 2. The summed E-state index contributed by atoms with van der Waals surface area (Å²) in [6, 6.07) is 7.53. The highest BCUT2D eigenvalue weighted by atomic mass is 16.5. The van der Waals surface area contributed by atoms with Crippen LogP contribution in [0.5, 0.6) is 11.5 Å². The lowest BCUT2D eigenvalue weighted by Crippen LogP contribution is -2.29. The lowest BCUT2D eigenvalue weighted by molar-refractivity contribution is -0.117. The average Bonchev–Trinajstić information content (AvgIpc) is 2.72. The summed E-state index contributed by atoms with van der Waals surface area (Å²) in [6.45, 7) is 1.58. The van der Waals surface area contributed by atoms with Crippen molar-refractivity contribution in [2.45, 2.75) is 13.1 Å². The van der Waals surface area contributed by atoms with Crippen molar-refractivity contribution < 1.29 is 14.3 Å². The number of fused-ring (bicyclic) bond motifs is 1. The third-order valence-corrected chi connectivity index (χ3v) is 3.83. The molecule has 1 aromatic carbocycles. The molecule has 23 heavy (non-hydrogen) atoms. The third-order valence-electron chi connectivity index (χ3n) is 3.83. The van der Waals surface area contributed by atoms with Crippen molar-refractivity contribution in [1.82, 2.24) is 9.88 Å². The Morgan fingerprint density at radius 1 is 1.22 bits per heavy atom. The molecular formula is C17H19N3O3. The number of benzene rings is 1. The molecule has 0 atom stereocenters. The van der Waals surface area contributed by atoms with Gasteiger partial charge in [0.1, 0.15) is 11.5 Å². The van der Waals surface area contributed by atoms with Crippen molar-refractivity contribution >= 4 is 11.6 Å². The largest absolute Gasteiger partial charge is 0.497 e. The van der Waals surface area contributed by atoms with Gasteiger partial charge in [0, 0.05) is 48.4 Å². The van der Waals surface area contributed by atoms with E-state index in [1.807, 2.05) is 24.3 Å². The number of hydrogen-bond acceptors (Lipinski definition) is 5. The molecule has 0 aliphatic carbocycles. The van der Waals surface area contributed by atoms with Gasteiger partial charge in [-0.1, -0.05) is 6.07 Å². The molecule has 1 N–H and O–H groups in total. The Hall–Kier alpha value is -2.60. The van der Waals surface area contributed by atoms with Crippen molar-refractivity contribution in [2.24, 2.45) is 0 Å². The van der Waals surface area contributed by atoms with E-state index in [2.05, 4.69) is 15.2 Å². The quantitative estimate of drug-likeness (QED) is 0.936. The molecule has 0 saturated heterocycles. The number of amides is 1. The number of nitrogens with one attached hydrogen (secondary N) is 1. The normalized spacial score (nSPS) is 14.6. The van der Waals surface area contributed by atoms with Crippen LogP contribution in [0.3, 0.4) is 0 Å². The van der Waals surface area contributed by atoms with E-state index < -0.39 is 0 Å². The Labute approximate surface area is 135 Å². The molecule has 0 radical (unpaired) electrons. The lowest BCUT2D eigenvalue weighted by atomic mass is 10.1.